The van der Waals surface area contributed by atoms with E-state index in [1.54, 1.807) is 25.5 Å². The molecule has 6 heteroatoms. The topological polar surface area (TPSA) is 79.0 Å². The molecule has 22 heavy (non-hydrogen) atoms. The minimum absolute atomic E-state index is 0.0171. The van der Waals surface area contributed by atoms with Crippen molar-refractivity contribution in [2.75, 3.05) is 26.7 Å². The molecular formula is C16H29N3O3. The summed E-state index contributed by atoms with van der Waals surface area (Å²) in [5.41, 5.74) is 0.0171. The van der Waals surface area contributed by atoms with Crippen molar-refractivity contribution in [3.8, 4) is 0 Å². The molecule has 0 saturated carbocycles. The average Bonchev–Trinajstić information content (AvgIpc) is 2.97. The van der Waals surface area contributed by atoms with Gasteiger partial charge in [0.2, 0.25) is 0 Å². The first-order chi connectivity index (χ1) is 10.4. The SMILES string of the molecule is CCNC(=NCC(OC)C(C)(C)C)NCC(O)c1ccco1. The van der Waals surface area contributed by atoms with E-state index in [0.29, 0.717) is 24.8 Å². The van der Waals surface area contributed by atoms with Crippen molar-refractivity contribution < 1.29 is 14.3 Å². The van der Waals surface area contributed by atoms with Crippen molar-refractivity contribution in [2.45, 2.75) is 39.9 Å². The Labute approximate surface area is 133 Å². The number of rotatable bonds is 7. The molecular weight excluding hydrogens is 282 g/mol. The van der Waals surface area contributed by atoms with Crippen LogP contribution in [0.4, 0.5) is 0 Å². The van der Waals surface area contributed by atoms with E-state index in [0.717, 1.165) is 6.54 Å². The number of furan rings is 1. The Balaban J connectivity index is 2.58. The first-order valence-electron chi connectivity index (χ1n) is 7.65. The Kier molecular flexibility index (Phi) is 7.41. The van der Waals surface area contributed by atoms with E-state index in [1.807, 2.05) is 6.92 Å². The highest BCUT2D eigenvalue weighted by molar-refractivity contribution is 5.79. The number of guanidine groups is 1. The molecule has 2 unspecified atom stereocenters. The molecule has 1 aromatic rings. The number of methoxy groups -OCH3 is 1. The average molecular weight is 311 g/mol. The first kappa shape index (κ1) is 18.5. The van der Waals surface area contributed by atoms with E-state index in [4.69, 9.17) is 9.15 Å². The summed E-state index contributed by atoms with van der Waals surface area (Å²) >= 11 is 0. The zero-order chi connectivity index (χ0) is 16.6. The van der Waals surface area contributed by atoms with Gasteiger partial charge in [-0.2, -0.15) is 0 Å². The summed E-state index contributed by atoms with van der Waals surface area (Å²) in [6, 6.07) is 3.50. The van der Waals surface area contributed by atoms with Crippen LogP contribution in [0.5, 0.6) is 0 Å². The van der Waals surface area contributed by atoms with Crippen LogP contribution >= 0.6 is 0 Å². The molecule has 0 saturated heterocycles. The maximum atomic E-state index is 10.0. The highest BCUT2D eigenvalue weighted by atomic mass is 16.5. The molecule has 0 radical (unpaired) electrons. The van der Waals surface area contributed by atoms with Crippen LogP contribution in [-0.2, 0) is 4.74 Å². The molecule has 0 spiro atoms. The van der Waals surface area contributed by atoms with Gasteiger partial charge in [0.05, 0.1) is 25.5 Å². The smallest absolute Gasteiger partial charge is 0.191 e. The van der Waals surface area contributed by atoms with Crippen LogP contribution in [0, 0.1) is 5.41 Å². The highest BCUT2D eigenvalue weighted by Crippen LogP contribution is 2.21. The fraction of sp³-hybridized carbons (Fsp3) is 0.688. The molecule has 0 amide bonds. The number of hydrogen-bond acceptors (Lipinski definition) is 4. The van der Waals surface area contributed by atoms with E-state index in [-0.39, 0.29) is 11.5 Å². The number of hydrogen-bond donors (Lipinski definition) is 3. The fourth-order valence-electron chi connectivity index (χ4n) is 1.99. The highest BCUT2D eigenvalue weighted by Gasteiger charge is 2.24. The minimum Gasteiger partial charge on any atom is -0.467 e. The van der Waals surface area contributed by atoms with E-state index < -0.39 is 6.10 Å². The van der Waals surface area contributed by atoms with Crippen LogP contribution in [0.25, 0.3) is 0 Å². The lowest BCUT2D eigenvalue weighted by molar-refractivity contribution is 0.0241. The predicted molar refractivity (Wildman–Crippen MR) is 87.9 cm³/mol. The van der Waals surface area contributed by atoms with E-state index in [2.05, 4.69) is 36.4 Å². The van der Waals surface area contributed by atoms with E-state index in [9.17, 15) is 5.11 Å². The van der Waals surface area contributed by atoms with Gasteiger partial charge < -0.3 is 24.9 Å². The number of aliphatic imine (C=N–C) groups is 1. The van der Waals surface area contributed by atoms with Gasteiger partial charge in [-0.05, 0) is 24.5 Å². The molecule has 0 fully saturated rings. The largest absolute Gasteiger partial charge is 0.467 e. The lowest BCUT2D eigenvalue weighted by Crippen LogP contribution is -2.41. The van der Waals surface area contributed by atoms with Crippen molar-refractivity contribution in [1.29, 1.82) is 0 Å². The predicted octanol–water partition coefficient (Wildman–Crippen LogP) is 1.93. The van der Waals surface area contributed by atoms with Crippen LogP contribution in [0.2, 0.25) is 0 Å². The van der Waals surface area contributed by atoms with Crippen molar-refractivity contribution in [3.05, 3.63) is 24.2 Å². The van der Waals surface area contributed by atoms with E-state index in [1.165, 1.54) is 0 Å². The normalized spacial score (nSPS) is 15.5. The minimum atomic E-state index is -0.709. The molecule has 0 aliphatic carbocycles. The summed E-state index contributed by atoms with van der Waals surface area (Å²) in [6.07, 6.45) is 0.863. The van der Waals surface area contributed by atoms with Crippen LogP contribution < -0.4 is 10.6 Å². The van der Waals surface area contributed by atoms with Gasteiger partial charge >= 0.3 is 0 Å². The molecule has 3 N–H and O–H groups in total. The summed E-state index contributed by atoms with van der Waals surface area (Å²) in [7, 11) is 1.70. The number of nitrogens with zero attached hydrogens (tertiary/aromatic N) is 1. The Hall–Kier alpha value is -1.53. The quantitative estimate of drug-likeness (QED) is 0.530. The standard InChI is InChI=1S/C16H29N3O3/c1-6-17-15(19-11-14(21-5)16(2,3)4)18-10-12(20)13-8-7-9-22-13/h7-9,12,14,20H,6,10-11H2,1-5H3,(H2,17,18,19). The van der Waals surface area contributed by atoms with Gasteiger partial charge in [-0.1, -0.05) is 20.8 Å². The number of nitrogens with one attached hydrogen (secondary N) is 2. The molecule has 0 aliphatic heterocycles. The summed E-state index contributed by atoms with van der Waals surface area (Å²) < 4.78 is 10.7. The van der Waals surface area contributed by atoms with Crippen LogP contribution in [0.3, 0.4) is 0 Å². The monoisotopic (exact) mass is 311 g/mol. The van der Waals surface area contributed by atoms with Gasteiger partial charge in [-0.25, -0.2) is 0 Å². The maximum Gasteiger partial charge on any atom is 0.191 e. The van der Waals surface area contributed by atoms with Gasteiger partial charge in [-0.3, -0.25) is 4.99 Å². The first-order valence-corrected chi connectivity index (χ1v) is 7.65. The lowest BCUT2D eigenvalue weighted by Gasteiger charge is -2.28. The van der Waals surface area contributed by atoms with Gasteiger partial charge in [-0.15, -0.1) is 0 Å². The van der Waals surface area contributed by atoms with Gasteiger partial charge in [0.25, 0.3) is 0 Å². The molecule has 0 aromatic carbocycles. The third-order valence-electron chi connectivity index (χ3n) is 3.34. The number of ether oxygens (including phenoxy) is 1. The Morgan fingerprint density at radius 2 is 2.14 bits per heavy atom. The summed E-state index contributed by atoms with van der Waals surface area (Å²) in [5, 5.41) is 16.3. The summed E-state index contributed by atoms with van der Waals surface area (Å²) in [6.45, 7) is 9.99. The van der Waals surface area contributed by atoms with Crippen molar-refractivity contribution in [3.63, 3.8) is 0 Å². The molecule has 1 rings (SSSR count). The second kappa shape index (κ2) is 8.80. The number of aliphatic hydroxyl groups is 1. The summed E-state index contributed by atoms with van der Waals surface area (Å²) in [4.78, 5) is 4.53. The molecule has 6 nitrogen and oxygen atoms in total. The molecule has 1 aromatic heterocycles. The molecule has 2 atom stereocenters. The zero-order valence-corrected chi connectivity index (χ0v) is 14.2. The second-order valence-electron chi connectivity index (χ2n) is 6.22. The van der Waals surface area contributed by atoms with Gasteiger partial charge in [0.1, 0.15) is 11.9 Å². The third-order valence-corrected chi connectivity index (χ3v) is 3.34. The second-order valence-corrected chi connectivity index (χ2v) is 6.22. The molecule has 126 valence electrons. The van der Waals surface area contributed by atoms with Crippen LogP contribution in [0.1, 0.15) is 39.6 Å². The Morgan fingerprint density at radius 1 is 1.41 bits per heavy atom. The van der Waals surface area contributed by atoms with Crippen molar-refractivity contribution in [1.82, 2.24) is 10.6 Å². The van der Waals surface area contributed by atoms with Gasteiger partial charge in [0, 0.05) is 13.7 Å². The maximum absolute atomic E-state index is 10.0. The molecule has 0 aliphatic rings. The van der Waals surface area contributed by atoms with Crippen LogP contribution in [-0.4, -0.2) is 43.9 Å². The third kappa shape index (κ3) is 6.07. The molecule has 1 heterocycles. The lowest BCUT2D eigenvalue weighted by atomic mass is 9.89. The Morgan fingerprint density at radius 3 is 2.64 bits per heavy atom. The summed E-state index contributed by atoms with van der Waals surface area (Å²) in [5.74, 6) is 1.19. The number of aliphatic hydroxyl groups excluding tert-OH is 1. The molecule has 0 bridgehead atoms. The van der Waals surface area contributed by atoms with Gasteiger partial charge in [0.15, 0.2) is 5.96 Å². The fourth-order valence-corrected chi connectivity index (χ4v) is 1.99. The zero-order valence-electron chi connectivity index (χ0n) is 14.2. The van der Waals surface area contributed by atoms with E-state index >= 15 is 0 Å². The Bertz CT molecular complexity index is 438. The van der Waals surface area contributed by atoms with Crippen molar-refractivity contribution in [2.24, 2.45) is 10.4 Å². The van der Waals surface area contributed by atoms with Crippen molar-refractivity contribution >= 4 is 5.96 Å². The van der Waals surface area contributed by atoms with Crippen LogP contribution in [0.15, 0.2) is 27.8 Å².